The number of likely N-dealkylation sites (tertiary alicyclic amines) is 1. The van der Waals surface area contributed by atoms with Crippen molar-refractivity contribution in [3.63, 3.8) is 0 Å². The fraction of sp³-hybridized carbons (Fsp3) is 0.389. The number of aryl methyl sites for hydroxylation is 1. The number of rotatable bonds is 3. The molecule has 1 saturated heterocycles. The molecule has 0 unspecified atom stereocenters. The number of hydrogen-bond acceptors (Lipinski definition) is 5. The normalized spacial score (nSPS) is 16.8. The van der Waals surface area contributed by atoms with Crippen molar-refractivity contribution in [3.05, 3.63) is 36.0 Å². The van der Waals surface area contributed by atoms with Gasteiger partial charge < -0.3 is 5.73 Å². The first-order valence-electron chi connectivity index (χ1n) is 8.43. The van der Waals surface area contributed by atoms with E-state index in [9.17, 15) is 0 Å². The first-order chi connectivity index (χ1) is 11.6. The lowest BCUT2D eigenvalue weighted by Crippen LogP contribution is -2.23. The molecule has 2 aromatic heterocycles. The highest BCUT2D eigenvalue weighted by Crippen LogP contribution is 2.27. The van der Waals surface area contributed by atoms with E-state index in [4.69, 9.17) is 5.73 Å². The van der Waals surface area contributed by atoms with Crippen molar-refractivity contribution < 1.29 is 0 Å². The lowest BCUT2D eigenvalue weighted by Gasteiger charge is -2.24. The molecular weight excluding hydrogens is 300 g/mol. The molecule has 1 atom stereocenters. The van der Waals surface area contributed by atoms with Crippen molar-refractivity contribution in [1.82, 2.24) is 24.6 Å². The zero-order chi connectivity index (χ0) is 16.7. The standard InChI is InChI=1S/C18H22N6/c1-12(24-9-3-4-10-24)13-5-7-14(8-6-13)17-21-16(19)15-11-20-23(2)18(15)22-17/h5-8,11-12H,3-4,9-10H2,1-2H3,(H2,19,21,22)/t12-/m1/s1. The fourth-order valence-corrected chi connectivity index (χ4v) is 3.42. The van der Waals surface area contributed by atoms with Crippen LogP contribution in [0.2, 0.25) is 0 Å². The zero-order valence-corrected chi connectivity index (χ0v) is 14.1. The number of nitrogens with two attached hydrogens (primary N) is 1. The van der Waals surface area contributed by atoms with Crippen LogP contribution in [0.1, 0.15) is 31.4 Å². The maximum Gasteiger partial charge on any atom is 0.163 e. The molecule has 2 N–H and O–H groups in total. The van der Waals surface area contributed by atoms with Crippen LogP contribution in [0.5, 0.6) is 0 Å². The summed E-state index contributed by atoms with van der Waals surface area (Å²) in [4.78, 5) is 11.6. The number of hydrogen-bond donors (Lipinski definition) is 1. The molecule has 1 fully saturated rings. The van der Waals surface area contributed by atoms with Gasteiger partial charge in [0.2, 0.25) is 0 Å². The Morgan fingerprint density at radius 2 is 1.79 bits per heavy atom. The van der Waals surface area contributed by atoms with E-state index in [0.717, 1.165) is 16.6 Å². The van der Waals surface area contributed by atoms with Crippen molar-refractivity contribution in [1.29, 1.82) is 0 Å². The van der Waals surface area contributed by atoms with Gasteiger partial charge in [-0.1, -0.05) is 24.3 Å². The van der Waals surface area contributed by atoms with Crippen molar-refractivity contribution in [2.24, 2.45) is 7.05 Å². The lowest BCUT2D eigenvalue weighted by atomic mass is 10.0. The molecule has 124 valence electrons. The van der Waals surface area contributed by atoms with Crippen molar-refractivity contribution in [3.8, 4) is 11.4 Å². The summed E-state index contributed by atoms with van der Waals surface area (Å²) >= 11 is 0. The van der Waals surface area contributed by atoms with Gasteiger partial charge in [-0.15, -0.1) is 0 Å². The SMILES string of the molecule is C[C@H](c1ccc(-c2nc(N)c3cnn(C)c3n2)cc1)N1CCCC1. The highest BCUT2D eigenvalue weighted by Gasteiger charge is 2.19. The van der Waals surface area contributed by atoms with Gasteiger partial charge >= 0.3 is 0 Å². The Bertz CT molecular complexity index is 861. The van der Waals surface area contributed by atoms with Gasteiger partial charge in [0, 0.05) is 18.7 Å². The Kier molecular flexibility index (Phi) is 3.69. The van der Waals surface area contributed by atoms with Gasteiger partial charge in [-0.25, -0.2) is 9.97 Å². The predicted octanol–water partition coefficient (Wildman–Crippen LogP) is 2.77. The molecule has 6 heteroatoms. The smallest absolute Gasteiger partial charge is 0.163 e. The third-order valence-corrected chi connectivity index (χ3v) is 4.96. The molecule has 0 aliphatic carbocycles. The Balaban J connectivity index is 1.66. The van der Waals surface area contributed by atoms with Crippen molar-refractivity contribution in [2.45, 2.75) is 25.8 Å². The second-order valence-corrected chi connectivity index (χ2v) is 6.48. The van der Waals surface area contributed by atoms with E-state index < -0.39 is 0 Å². The van der Waals surface area contributed by atoms with Gasteiger partial charge in [-0.05, 0) is 38.4 Å². The van der Waals surface area contributed by atoms with Crippen LogP contribution in [-0.2, 0) is 7.05 Å². The number of anilines is 1. The molecule has 1 aliphatic heterocycles. The van der Waals surface area contributed by atoms with Crippen LogP contribution in [0, 0.1) is 0 Å². The predicted molar refractivity (Wildman–Crippen MR) is 95.4 cm³/mol. The van der Waals surface area contributed by atoms with Gasteiger partial charge in [-0.3, -0.25) is 9.58 Å². The molecule has 0 bridgehead atoms. The molecule has 3 heterocycles. The van der Waals surface area contributed by atoms with E-state index in [2.05, 4.69) is 51.2 Å². The highest BCUT2D eigenvalue weighted by molar-refractivity contribution is 5.86. The number of benzene rings is 1. The molecule has 24 heavy (non-hydrogen) atoms. The van der Waals surface area contributed by atoms with E-state index in [1.807, 2.05) is 7.05 Å². The molecule has 6 nitrogen and oxygen atoms in total. The van der Waals surface area contributed by atoms with Crippen LogP contribution in [0.3, 0.4) is 0 Å². The van der Waals surface area contributed by atoms with E-state index in [1.54, 1.807) is 10.9 Å². The number of aromatic nitrogens is 4. The Morgan fingerprint density at radius 3 is 2.50 bits per heavy atom. The van der Waals surface area contributed by atoms with E-state index in [1.165, 1.54) is 31.5 Å². The minimum atomic E-state index is 0.451. The summed E-state index contributed by atoms with van der Waals surface area (Å²) in [5, 5.41) is 4.99. The third kappa shape index (κ3) is 2.53. The summed E-state index contributed by atoms with van der Waals surface area (Å²) < 4.78 is 1.72. The van der Waals surface area contributed by atoms with Crippen LogP contribution >= 0.6 is 0 Å². The second kappa shape index (κ2) is 5.87. The molecular formula is C18H22N6. The fourth-order valence-electron chi connectivity index (χ4n) is 3.42. The van der Waals surface area contributed by atoms with E-state index >= 15 is 0 Å². The summed E-state index contributed by atoms with van der Waals surface area (Å²) in [6.45, 7) is 4.66. The third-order valence-electron chi connectivity index (χ3n) is 4.96. The molecule has 1 aromatic carbocycles. The number of fused-ring (bicyclic) bond motifs is 1. The largest absolute Gasteiger partial charge is 0.383 e. The monoisotopic (exact) mass is 322 g/mol. The van der Waals surface area contributed by atoms with Crippen LogP contribution in [0.15, 0.2) is 30.5 Å². The van der Waals surface area contributed by atoms with Crippen molar-refractivity contribution in [2.75, 3.05) is 18.8 Å². The first kappa shape index (κ1) is 15.1. The van der Waals surface area contributed by atoms with Crippen LogP contribution in [0.25, 0.3) is 22.4 Å². The molecule has 0 saturated carbocycles. The average molecular weight is 322 g/mol. The maximum absolute atomic E-state index is 6.06. The summed E-state index contributed by atoms with van der Waals surface area (Å²) in [7, 11) is 1.86. The lowest BCUT2D eigenvalue weighted by molar-refractivity contribution is 0.263. The quantitative estimate of drug-likeness (QED) is 0.802. The first-order valence-corrected chi connectivity index (χ1v) is 8.43. The van der Waals surface area contributed by atoms with Crippen LogP contribution < -0.4 is 5.73 Å². The summed E-state index contributed by atoms with van der Waals surface area (Å²) in [5.74, 6) is 1.11. The van der Waals surface area contributed by atoms with Crippen molar-refractivity contribution >= 4 is 16.9 Å². The summed E-state index contributed by atoms with van der Waals surface area (Å²) in [6, 6.07) is 8.96. The highest BCUT2D eigenvalue weighted by atomic mass is 15.3. The number of nitrogen functional groups attached to an aromatic ring is 1. The topological polar surface area (TPSA) is 72.9 Å². The summed E-state index contributed by atoms with van der Waals surface area (Å²) in [5.41, 5.74) is 9.12. The number of nitrogens with zero attached hydrogens (tertiary/aromatic N) is 5. The molecule has 4 rings (SSSR count). The van der Waals surface area contributed by atoms with Gasteiger partial charge in [0.15, 0.2) is 11.5 Å². The van der Waals surface area contributed by atoms with Crippen LogP contribution in [-0.4, -0.2) is 37.7 Å². The van der Waals surface area contributed by atoms with Gasteiger partial charge in [-0.2, -0.15) is 5.10 Å². The van der Waals surface area contributed by atoms with E-state index in [0.29, 0.717) is 17.7 Å². The second-order valence-electron chi connectivity index (χ2n) is 6.48. The average Bonchev–Trinajstić information content (AvgIpc) is 3.25. The molecule has 0 radical (unpaired) electrons. The van der Waals surface area contributed by atoms with Crippen LogP contribution in [0.4, 0.5) is 5.82 Å². The molecule has 0 spiro atoms. The minimum absolute atomic E-state index is 0.451. The molecule has 3 aromatic rings. The zero-order valence-electron chi connectivity index (χ0n) is 14.1. The van der Waals surface area contributed by atoms with Gasteiger partial charge in [0.25, 0.3) is 0 Å². The molecule has 0 amide bonds. The Labute approximate surface area is 141 Å². The Morgan fingerprint density at radius 1 is 1.08 bits per heavy atom. The Hall–Kier alpha value is -2.47. The summed E-state index contributed by atoms with van der Waals surface area (Å²) in [6.07, 6.45) is 4.32. The van der Waals surface area contributed by atoms with E-state index in [-0.39, 0.29) is 0 Å². The maximum atomic E-state index is 6.06. The molecule has 1 aliphatic rings. The minimum Gasteiger partial charge on any atom is -0.383 e. The van der Waals surface area contributed by atoms with Gasteiger partial charge in [0.1, 0.15) is 5.82 Å². The van der Waals surface area contributed by atoms with Gasteiger partial charge in [0.05, 0.1) is 11.6 Å².